The van der Waals surface area contributed by atoms with E-state index in [0.29, 0.717) is 6.42 Å². The fourth-order valence-electron chi connectivity index (χ4n) is 4.55. The number of carbonyl (C=O) groups is 1. The van der Waals surface area contributed by atoms with Crippen LogP contribution >= 0.6 is 0 Å². The molecule has 0 saturated carbocycles. The van der Waals surface area contributed by atoms with E-state index < -0.39 is 4.92 Å². The molecule has 6 nitrogen and oxygen atoms in total. The monoisotopic (exact) mass is 386 g/mol. The Morgan fingerprint density at radius 1 is 1.03 bits per heavy atom. The summed E-state index contributed by atoms with van der Waals surface area (Å²) < 4.78 is 5.42. The average Bonchev–Trinajstić information content (AvgIpc) is 3.05. The lowest BCUT2D eigenvalue weighted by molar-refractivity contribution is -0.384. The Balaban J connectivity index is 1.67. The number of carbonyl (C=O) groups excluding carboxylic acids is 1. The van der Waals surface area contributed by atoms with E-state index in [0.717, 1.165) is 33.7 Å². The summed E-state index contributed by atoms with van der Waals surface area (Å²) in [4.78, 5) is 25.7. The second-order valence-corrected chi connectivity index (χ2v) is 7.34. The molecule has 0 radical (unpaired) electrons. The van der Waals surface area contributed by atoms with Gasteiger partial charge in [-0.1, -0.05) is 30.3 Å². The van der Waals surface area contributed by atoms with E-state index in [1.165, 1.54) is 12.1 Å². The van der Waals surface area contributed by atoms with Gasteiger partial charge in [0.15, 0.2) is 0 Å². The molecule has 0 unspecified atom stereocenters. The normalized spacial score (nSPS) is 19.3. The van der Waals surface area contributed by atoms with Crippen LogP contribution in [0.3, 0.4) is 0 Å². The third-order valence-electron chi connectivity index (χ3n) is 5.92. The van der Waals surface area contributed by atoms with Gasteiger partial charge in [-0.05, 0) is 47.4 Å². The number of non-ortho nitro benzene ring substituents is 1. The van der Waals surface area contributed by atoms with Crippen LogP contribution in [-0.4, -0.2) is 17.9 Å². The van der Waals surface area contributed by atoms with Crippen molar-refractivity contribution in [2.75, 3.05) is 12.0 Å². The molecule has 2 aliphatic rings. The van der Waals surface area contributed by atoms with Crippen LogP contribution in [0.25, 0.3) is 0 Å². The molecule has 0 aliphatic carbocycles. The fourth-order valence-corrected chi connectivity index (χ4v) is 4.55. The summed E-state index contributed by atoms with van der Waals surface area (Å²) in [6.45, 7) is 0. The highest BCUT2D eigenvalue weighted by molar-refractivity contribution is 6.12. The van der Waals surface area contributed by atoms with Crippen molar-refractivity contribution in [3.8, 4) is 5.75 Å². The van der Waals surface area contributed by atoms with Gasteiger partial charge in [0, 0.05) is 29.3 Å². The maximum absolute atomic E-state index is 13.1. The van der Waals surface area contributed by atoms with Crippen molar-refractivity contribution in [3.05, 3.63) is 99.1 Å². The molecule has 5 rings (SSSR count). The Labute approximate surface area is 167 Å². The highest BCUT2D eigenvalue weighted by atomic mass is 16.6. The Morgan fingerprint density at radius 2 is 1.79 bits per heavy atom. The Hall–Kier alpha value is -3.67. The van der Waals surface area contributed by atoms with Crippen molar-refractivity contribution < 1.29 is 14.5 Å². The van der Waals surface area contributed by atoms with E-state index in [4.69, 9.17) is 4.74 Å². The largest absolute Gasteiger partial charge is 0.497 e. The van der Waals surface area contributed by atoms with Crippen LogP contribution in [0.4, 0.5) is 11.4 Å². The smallest absolute Gasteiger partial charge is 0.269 e. The first-order chi connectivity index (χ1) is 14.1. The number of benzene rings is 3. The highest BCUT2D eigenvalue weighted by Crippen LogP contribution is 2.52. The first-order valence-corrected chi connectivity index (χ1v) is 9.43. The van der Waals surface area contributed by atoms with E-state index in [2.05, 4.69) is 0 Å². The molecule has 144 valence electrons. The molecule has 0 saturated heterocycles. The fraction of sp³-hybridized carbons (Fsp3) is 0.174. The number of nitrogens with zero attached hydrogens (tertiary/aromatic N) is 2. The summed E-state index contributed by atoms with van der Waals surface area (Å²) in [5.74, 6) is 0.735. The summed E-state index contributed by atoms with van der Waals surface area (Å²) in [6.07, 6.45) is 0.709. The van der Waals surface area contributed by atoms with Crippen molar-refractivity contribution in [1.82, 2.24) is 0 Å². The van der Waals surface area contributed by atoms with Gasteiger partial charge in [0.1, 0.15) is 5.75 Å². The number of nitro benzene ring substituents is 1. The lowest BCUT2D eigenvalue weighted by Gasteiger charge is -2.37. The second-order valence-electron chi connectivity index (χ2n) is 7.34. The van der Waals surface area contributed by atoms with E-state index in [1.54, 1.807) is 7.11 Å². The van der Waals surface area contributed by atoms with Gasteiger partial charge in [0.2, 0.25) is 0 Å². The molecule has 2 atom stereocenters. The molecule has 6 heteroatoms. The van der Waals surface area contributed by atoms with Crippen molar-refractivity contribution in [2.24, 2.45) is 0 Å². The topological polar surface area (TPSA) is 72.7 Å². The molecular weight excluding hydrogens is 368 g/mol. The lowest BCUT2D eigenvalue weighted by Crippen LogP contribution is -2.34. The Bertz CT molecular complexity index is 1140. The van der Waals surface area contributed by atoms with Gasteiger partial charge < -0.3 is 9.64 Å². The third kappa shape index (κ3) is 2.60. The number of ether oxygens (including phenoxy) is 1. The van der Waals surface area contributed by atoms with Crippen LogP contribution in [0.1, 0.15) is 45.4 Å². The van der Waals surface area contributed by atoms with Crippen molar-refractivity contribution in [3.63, 3.8) is 0 Å². The SMILES string of the molecule is COc1ccc2c(c1)[C@H](c1ccc([N+](=O)[O-])cc1)C[C@@H]1c3ccccc3C(=O)N21. The average molecular weight is 386 g/mol. The minimum Gasteiger partial charge on any atom is -0.497 e. The van der Waals surface area contributed by atoms with Gasteiger partial charge in [-0.3, -0.25) is 14.9 Å². The Kier molecular flexibility index (Phi) is 3.87. The van der Waals surface area contributed by atoms with Crippen LogP contribution in [0.5, 0.6) is 5.75 Å². The number of amides is 1. The lowest BCUT2D eigenvalue weighted by atomic mass is 9.80. The quantitative estimate of drug-likeness (QED) is 0.477. The molecular formula is C23H18N2O4. The summed E-state index contributed by atoms with van der Waals surface area (Å²) in [7, 11) is 1.62. The number of nitro groups is 1. The van der Waals surface area contributed by atoms with Crippen LogP contribution in [0, 0.1) is 10.1 Å². The maximum Gasteiger partial charge on any atom is 0.269 e. The predicted molar refractivity (Wildman–Crippen MR) is 109 cm³/mol. The van der Waals surface area contributed by atoms with E-state index in [-0.39, 0.29) is 23.6 Å². The van der Waals surface area contributed by atoms with Crippen molar-refractivity contribution in [2.45, 2.75) is 18.4 Å². The van der Waals surface area contributed by atoms with Crippen LogP contribution < -0.4 is 9.64 Å². The van der Waals surface area contributed by atoms with Crippen LogP contribution in [0.15, 0.2) is 66.7 Å². The third-order valence-corrected chi connectivity index (χ3v) is 5.92. The minimum absolute atomic E-state index is 0.00103. The zero-order chi connectivity index (χ0) is 20.1. The number of rotatable bonds is 3. The number of fused-ring (bicyclic) bond motifs is 5. The van der Waals surface area contributed by atoms with Crippen molar-refractivity contribution in [1.29, 1.82) is 0 Å². The van der Waals surface area contributed by atoms with E-state index in [9.17, 15) is 14.9 Å². The summed E-state index contributed by atoms with van der Waals surface area (Å²) in [5.41, 5.74) is 4.69. The number of hydrogen-bond acceptors (Lipinski definition) is 4. The first-order valence-electron chi connectivity index (χ1n) is 9.43. The summed E-state index contributed by atoms with van der Waals surface area (Å²) in [6, 6.07) is 20.1. The number of anilines is 1. The molecule has 0 aromatic heterocycles. The van der Waals surface area contributed by atoms with Gasteiger partial charge in [0.05, 0.1) is 18.1 Å². The molecule has 0 bridgehead atoms. The van der Waals surface area contributed by atoms with E-state index in [1.807, 2.05) is 59.5 Å². The second kappa shape index (κ2) is 6.44. The maximum atomic E-state index is 13.1. The molecule has 2 aliphatic heterocycles. The molecule has 0 N–H and O–H groups in total. The summed E-state index contributed by atoms with van der Waals surface area (Å²) >= 11 is 0. The number of methoxy groups -OCH3 is 1. The van der Waals surface area contributed by atoms with Crippen LogP contribution in [0.2, 0.25) is 0 Å². The number of hydrogen-bond donors (Lipinski definition) is 0. The molecule has 1 amide bonds. The van der Waals surface area contributed by atoms with Gasteiger partial charge in [0.25, 0.3) is 11.6 Å². The minimum atomic E-state index is -0.394. The predicted octanol–water partition coefficient (Wildman–Crippen LogP) is 4.84. The molecule has 0 fully saturated rings. The molecule has 0 spiro atoms. The van der Waals surface area contributed by atoms with Gasteiger partial charge in [-0.15, -0.1) is 0 Å². The van der Waals surface area contributed by atoms with Gasteiger partial charge in [-0.25, -0.2) is 0 Å². The Morgan fingerprint density at radius 3 is 2.52 bits per heavy atom. The van der Waals surface area contributed by atoms with Crippen molar-refractivity contribution >= 4 is 17.3 Å². The zero-order valence-corrected chi connectivity index (χ0v) is 15.7. The first kappa shape index (κ1) is 17.4. The van der Waals surface area contributed by atoms with Crippen LogP contribution in [-0.2, 0) is 0 Å². The zero-order valence-electron chi connectivity index (χ0n) is 15.7. The summed E-state index contributed by atoms with van der Waals surface area (Å²) in [5, 5.41) is 11.0. The highest BCUT2D eigenvalue weighted by Gasteiger charge is 2.44. The van der Waals surface area contributed by atoms with Gasteiger partial charge >= 0.3 is 0 Å². The molecule has 29 heavy (non-hydrogen) atoms. The van der Waals surface area contributed by atoms with E-state index >= 15 is 0 Å². The standard InChI is InChI=1S/C23H18N2O4/c1-29-16-10-11-21-20(12-16)19(14-6-8-15(9-7-14)25(27)28)13-22-17-4-2-3-5-18(17)23(26)24(21)22/h2-12,19,22H,13H2,1H3/t19-,22+/m0/s1. The molecule has 3 aromatic rings. The van der Waals surface area contributed by atoms with Gasteiger partial charge in [-0.2, -0.15) is 0 Å². The molecule has 2 heterocycles. The molecule has 3 aromatic carbocycles.